The van der Waals surface area contributed by atoms with Gasteiger partial charge < -0.3 is 15.0 Å². The van der Waals surface area contributed by atoms with Crippen LogP contribution in [0.5, 0.6) is 0 Å². The zero-order chi connectivity index (χ0) is 12.1. The van der Waals surface area contributed by atoms with E-state index in [9.17, 15) is 0 Å². The summed E-state index contributed by atoms with van der Waals surface area (Å²) in [6, 6.07) is 0.860. The van der Waals surface area contributed by atoms with Crippen molar-refractivity contribution < 1.29 is 4.74 Å². The van der Waals surface area contributed by atoms with E-state index in [2.05, 4.69) is 24.1 Å². The van der Waals surface area contributed by atoms with Gasteiger partial charge in [0.2, 0.25) is 0 Å². The highest BCUT2D eigenvalue weighted by Crippen LogP contribution is 2.21. The van der Waals surface area contributed by atoms with Crippen molar-refractivity contribution in [1.29, 1.82) is 0 Å². The smallest absolute Gasteiger partial charge is 0.0593 e. The van der Waals surface area contributed by atoms with Crippen molar-refractivity contribution in [3.05, 3.63) is 0 Å². The molecule has 2 fully saturated rings. The first-order valence-corrected chi connectivity index (χ1v) is 7.27. The van der Waals surface area contributed by atoms with E-state index in [0.717, 1.165) is 31.7 Å². The van der Waals surface area contributed by atoms with E-state index in [1.54, 1.807) is 0 Å². The Hall–Kier alpha value is -0.120. The van der Waals surface area contributed by atoms with Crippen LogP contribution in [0.15, 0.2) is 0 Å². The van der Waals surface area contributed by atoms with Gasteiger partial charge in [-0.3, -0.25) is 0 Å². The van der Waals surface area contributed by atoms with Gasteiger partial charge >= 0.3 is 0 Å². The number of likely N-dealkylation sites (tertiary alicyclic amines) is 1. The van der Waals surface area contributed by atoms with Crippen LogP contribution < -0.4 is 5.32 Å². The van der Waals surface area contributed by atoms with Gasteiger partial charge in [0.15, 0.2) is 0 Å². The monoisotopic (exact) mass is 240 g/mol. The van der Waals surface area contributed by atoms with E-state index in [1.165, 1.54) is 38.9 Å². The van der Waals surface area contributed by atoms with E-state index >= 15 is 0 Å². The fourth-order valence-electron chi connectivity index (χ4n) is 2.42. The topological polar surface area (TPSA) is 24.5 Å². The van der Waals surface area contributed by atoms with Crippen molar-refractivity contribution in [3.63, 3.8) is 0 Å². The Labute approximate surface area is 106 Å². The zero-order valence-electron chi connectivity index (χ0n) is 11.5. The lowest BCUT2D eigenvalue weighted by molar-refractivity contribution is 0.0903. The fourth-order valence-corrected chi connectivity index (χ4v) is 2.42. The molecule has 17 heavy (non-hydrogen) atoms. The molecule has 1 saturated carbocycles. The quantitative estimate of drug-likeness (QED) is 0.654. The standard InChI is InChI=1S/C14H28N2O/c1-12(2)11-17-8-7-16-6-5-13(10-16)9-15-14-3-4-14/h12-15H,3-11H2,1-2H3. The molecule has 100 valence electrons. The van der Waals surface area contributed by atoms with Crippen molar-refractivity contribution in [1.82, 2.24) is 10.2 Å². The molecule has 1 aliphatic carbocycles. The average Bonchev–Trinajstić information content (AvgIpc) is 3.01. The molecule has 0 aromatic rings. The number of hydrogen-bond acceptors (Lipinski definition) is 3. The molecule has 3 heteroatoms. The molecule has 1 N–H and O–H groups in total. The Morgan fingerprint density at radius 2 is 2.12 bits per heavy atom. The Morgan fingerprint density at radius 3 is 2.82 bits per heavy atom. The molecule has 0 aromatic carbocycles. The van der Waals surface area contributed by atoms with Crippen molar-refractivity contribution in [2.24, 2.45) is 11.8 Å². The van der Waals surface area contributed by atoms with Crippen LogP contribution >= 0.6 is 0 Å². The summed E-state index contributed by atoms with van der Waals surface area (Å²) in [4.78, 5) is 2.56. The third-order valence-electron chi connectivity index (χ3n) is 3.65. The van der Waals surface area contributed by atoms with Crippen molar-refractivity contribution in [3.8, 4) is 0 Å². The largest absolute Gasteiger partial charge is 0.380 e. The number of rotatable bonds is 8. The normalized spacial score (nSPS) is 25.9. The lowest BCUT2D eigenvalue weighted by atomic mass is 10.1. The molecule has 1 heterocycles. The van der Waals surface area contributed by atoms with Crippen LogP contribution in [0.3, 0.4) is 0 Å². The predicted molar refractivity (Wildman–Crippen MR) is 71.2 cm³/mol. The van der Waals surface area contributed by atoms with Crippen molar-refractivity contribution in [2.75, 3.05) is 39.4 Å². The van der Waals surface area contributed by atoms with Gasteiger partial charge in [0.1, 0.15) is 0 Å². The molecule has 2 rings (SSSR count). The van der Waals surface area contributed by atoms with Gasteiger partial charge in [-0.1, -0.05) is 13.8 Å². The Morgan fingerprint density at radius 1 is 1.29 bits per heavy atom. The van der Waals surface area contributed by atoms with Crippen LogP contribution in [0.2, 0.25) is 0 Å². The van der Waals surface area contributed by atoms with E-state index in [0.29, 0.717) is 5.92 Å². The molecule has 0 spiro atoms. The molecular weight excluding hydrogens is 212 g/mol. The van der Waals surface area contributed by atoms with Gasteiger partial charge in [-0.15, -0.1) is 0 Å². The van der Waals surface area contributed by atoms with E-state index in [-0.39, 0.29) is 0 Å². The second-order valence-corrected chi connectivity index (χ2v) is 6.11. The molecule has 2 aliphatic rings. The number of ether oxygens (including phenoxy) is 1. The second kappa shape index (κ2) is 6.72. The first-order valence-electron chi connectivity index (χ1n) is 7.27. The van der Waals surface area contributed by atoms with Crippen molar-refractivity contribution in [2.45, 2.75) is 39.2 Å². The summed E-state index contributed by atoms with van der Waals surface area (Å²) in [5, 5.41) is 3.64. The predicted octanol–water partition coefficient (Wildman–Crippen LogP) is 1.73. The minimum atomic E-state index is 0.657. The summed E-state index contributed by atoms with van der Waals surface area (Å²) >= 11 is 0. The Balaban J connectivity index is 1.48. The fraction of sp³-hybridized carbons (Fsp3) is 1.00. The lowest BCUT2D eigenvalue weighted by Gasteiger charge is -2.16. The summed E-state index contributed by atoms with van der Waals surface area (Å²) in [6.45, 7) is 11.1. The average molecular weight is 240 g/mol. The summed E-state index contributed by atoms with van der Waals surface area (Å²) in [7, 11) is 0. The maximum atomic E-state index is 5.64. The van der Waals surface area contributed by atoms with Crippen LogP contribution in [0.1, 0.15) is 33.1 Å². The first kappa shape index (κ1) is 13.3. The summed E-state index contributed by atoms with van der Waals surface area (Å²) in [6.07, 6.45) is 4.17. The summed E-state index contributed by atoms with van der Waals surface area (Å²) in [5.41, 5.74) is 0. The highest BCUT2D eigenvalue weighted by atomic mass is 16.5. The zero-order valence-corrected chi connectivity index (χ0v) is 11.5. The molecule has 1 atom stereocenters. The van der Waals surface area contributed by atoms with Gasteiger partial charge in [0, 0.05) is 25.7 Å². The van der Waals surface area contributed by atoms with Crippen LogP contribution in [0, 0.1) is 11.8 Å². The van der Waals surface area contributed by atoms with E-state index in [1.807, 2.05) is 0 Å². The highest BCUT2D eigenvalue weighted by molar-refractivity contribution is 4.84. The molecule has 1 aliphatic heterocycles. The maximum Gasteiger partial charge on any atom is 0.0593 e. The molecule has 3 nitrogen and oxygen atoms in total. The minimum absolute atomic E-state index is 0.657. The Kier molecular flexibility index (Phi) is 5.26. The third kappa shape index (κ3) is 5.36. The lowest BCUT2D eigenvalue weighted by Crippen LogP contribution is -2.29. The van der Waals surface area contributed by atoms with Gasteiger partial charge in [-0.25, -0.2) is 0 Å². The molecule has 0 radical (unpaired) electrons. The third-order valence-corrected chi connectivity index (χ3v) is 3.65. The van der Waals surface area contributed by atoms with Crippen LogP contribution in [-0.2, 0) is 4.74 Å². The number of nitrogens with zero attached hydrogens (tertiary/aromatic N) is 1. The highest BCUT2D eigenvalue weighted by Gasteiger charge is 2.25. The van der Waals surface area contributed by atoms with Crippen LogP contribution in [-0.4, -0.2) is 50.3 Å². The van der Waals surface area contributed by atoms with Gasteiger partial charge in [0.05, 0.1) is 6.61 Å². The summed E-state index contributed by atoms with van der Waals surface area (Å²) < 4.78 is 5.64. The summed E-state index contributed by atoms with van der Waals surface area (Å²) in [5.74, 6) is 1.53. The maximum absolute atomic E-state index is 5.64. The van der Waals surface area contributed by atoms with Gasteiger partial charge in [-0.05, 0) is 44.2 Å². The molecular formula is C14H28N2O. The second-order valence-electron chi connectivity index (χ2n) is 6.11. The number of hydrogen-bond donors (Lipinski definition) is 1. The molecule has 0 amide bonds. The number of nitrogens with one attached hydrogen (secondary N) is 1. The molecule has 1 unspecified atom stereocenters. The molecule has 0 bridgehead atoms. The molecule has 0 aromatic heterocycles. The van der Waals surface area contributed by atoms with E-state index in [4.69, 9.17) is 4.74 Å². The molecule has 1 saturated heterocycles. The van der Waals surface area contributed by atoms with Crippen molar-refractivity contribution >= 4 is 0 Å². The van der Waals surface area contributed by atoms with Crippen LogP contribution in [0.25, 0.3) is 0 Å². The minimum Gasteiger partial charge on any atom is -0.380 e. The SMILES string of the molecule is CC(C)COCCN1CCC(CNC2CC2)C1. The Bertz CT molecular complexity index is 216. The van der Waals surface area contributed by atoms with E-state index < -0.39 is 0 Å². The van der Waals surface area contributed by atoms with Crippen LogP contribution in [0.4, 0.5) is 0 Å². The van der Waals surface area contributed by atoms with Gasteiger partial charge in [0.25, 0.3) is 0 Å². The first-order chi connectivity index (χ1) is 8.24. The van der Waals surface area contributed by atoms with Gasteiger partial charge in [-0.2, -0.15) is 0 Å².